The van der Waals surface area contributed by atoms with Crippen LogP contribution in [0.3, 0.4) is 0 Å². The number of nitrogens with one attached hydrogen (secondary N) is 1. The van der Waals surface area contributed by atoms with E-state index >= 15 is 0 Å². The van der Waals surface area contributed by atoms with E-state index in [4.69, 9.17) is 4.74 Å². The Bertz CT molecular complexity index is 400. The molecule has 2 unspecified atom stereocenters. The predicted octanol–water partition coefficient (Wildman–Crippen LogP) is 1.61. The maximum Gasteiger partial charge on any atom is 0.407 e. The van der Waals surface area contributed by atoms with Crippen molar-refractivity contribution >= 4 is 6.09 Å². The molecule has 2 atom stereocenters. The molecule has 106 valence electrons. The molecule has 0 spiro atoms. The quantitative estimate of drug-likeness (QED) is 0.774. The molecule has 0 aliphatic rings. The minimum atomic E-state index is -1.09. The number of ether oxygens (including phenoxy) is 1. The van der Waals surface area contributed by atoms with Crippen LogP contribution in [0.5, 0.6) is 0 Å². The van der Waals surface area contributed by atoms with E-state index in [1.807, 2.05) is 6.07 Å². The van der Waals surface area contributed by atoms with E-state index < -0.39 is 23.9 Å². The molecule has 0 saturated carbocycles. The molecule has 0 aliphatic heterocycles. The van der Waals surface area contributed by atoms with E-state index in [1.165, 1.54) is 0 Å². The van der Waals surface area contributed by atoms with Gasteiger partial charge in [0.05, 0.1) is 0 Å². The van der Waals surface area contributed by atoms with Crippen LogP contribution in [0, 0.1) is 0 Å². The number of carbonyl (C=O) groups is 1. The van der Waals surface area contributed by atoms with E-state index in [0.717, 1.165) is 0 Å². The van der Waals surface area contributed by atoms with Gasteiger partial charge in [-0.15, -0.1) is 0 Å². The molecule has 1 aromatic carbocycles. The van der Waals surface area contributed by atoms with E-state index in [0.29, 0.717) is 5.56 Å². The van der Waals surface area contributed by atoms with Crippen molar-refractivity contribution in [2.75, 3.05) is 6.54 Å². The molecule has 0 saturated heterocycles. The average Bonchev–Trinajstić information content (AvgIpc) is 2.34. The lowest BCUT2D eigenvalue weighted by molar-refractivity contribution is 0.0129. The number of hydrogen-bond acceptors (Lipinski definition) is 4. The molecule has 0 aliphatic carbocycles. The molecule has 0 bridgehead atoms. The van der Waals surface area contributed by atoms with Crippen LogP contribution in [-0.2, 0) is 4.74 Å². The van der Waals surface area contributed by atoms with Gasteiger partial charge in [0.2, 0.25) is 0 Å². The summed E-state index contributed by atoms with van der Waals surface area (Å²) in [6, 6.07) is 8.78. The molecule has 19 heavy (non-hydrogen) atoms. The molecule has 0 radical (unpaired) electrons. The SMILES string of the molecule is CC(C)(C)OC(=O)NCC(O)C(O)c1ccccc1. The monoisotopic (exact) mass is 267 g/mol. The second-order valence-corrected chi connectivity index (χ2v) is 5.31. The molecule has 0 aromatic heterocycles. The minimum Gasteiger partial charge on any atom is -0.444 e. The van der Waals surface area contributed by atoms with Crippen molar-refractivity contribution < 1.29 is 19.7 Å². The van der Waals surface area contributed by atoms with Gasteiger partial charge in [-0.2, -0.15) is 0 Å². The second-order valence-electron chi connectivity index (χ2n) is 5.31. The summed E-state index contributed by atoms with van der Waals surface area (Å²) in [4.78, 5) is 11.4. The third kappa shape index (κ3) is 5.72. The average molecular weight is 267 g/mol. The number of benzene rings is 1. The van der Waals surface area contributed by atoms with Gasteiger partial charge in [-0.1, -0.05) is 30.3 Å². The fourth-order valence-electron chi connectivity index (χ4n) is 1.49. The summed E-state index contributed by atoms with van der Waals surface area (Å²) in [5.41, 5.74) is 0.00794. The molecule has 1 rings (SSSR count). The van der Waals surface area contributed by atoms with E-state index in [9.17, 15) is 15.0 Å². The number of carbonyl (C=O) groups excluding carboxylic acids is 1. The van der Waals surface area contributed by atoms with Gasteiger partial charge < -0.3 is 20.3 Å². The van der Waals surface area contributed by atoms with Crippen LogP contribution in [0.25, 0.3) is 0 Å². The molecule has 5 nitrogen and oxygen atoms in total. The fourth-order valence-corrected chi connectivity index (χ4v) is 1.49. The highest BCUT2D eigenvalue weighted by Gasteiger charge is 2.21. The maximum absolute atomic E-state index is 11.4. The van der Waals surface area contributed by atoms with Gasteiger partial charge >= 0.3 is 6.09 Å². The van der Waals surface area contributed by atoms with Crippen LogP contribution >= 0.6 is 0 Å². The molecule has 1 amide bonds. The summed E-state index contributed by atoms with van der Waals surface area (Å²) in [6.07, 6.45) is -2.75. The summed E-state index contributed by atoms with van der Waals surface area (Å²) in [5, 5.41) is 22.1. The highest BCUT2D eigenvalue weighted by molar-refractivity contribution is 5.67. The first-order valence-electron chi connectivity index (χ1n) is 6.17. The van der Waals surface area contributed by atoms with Crippen molar-refractivity contribution in [3.8, 4) is 0 Å². The van der Waals surface area contributed by atoms with E-state index in [-0.39, 0.29) is 6.54 Å². The highest BCUT2D eigenvalue weighted by atomic mass is 16.6. The Labute approximate surface area is 113 Å². The van der Waals surface area contributed by atoms with Crippen LogP contribution in [0.15, 0.2) is 30.3 Å². The number of rotatable bonds is 4. The fraction of sp³-hybridized carbons (Fsp3) is 0.500. The van der Waals surface area contributed by atoms with Crippen molar-refractivity contribution in [1.82, 2.24) is 5.32 Å². The van der Waals surface area contributed by atoms with Crippen LogP contribution < -0.4 is 5.32 Å². The van der Waals surface area contributed by atoms with Crippen LogP contribution in [-0.4, -0.2) is 34.6 Å². The lowest BCUT2D eigenvalue weighted by Crippen LogP contribution is -2.38. The van der Waals surface area contributed by atoms with Crippen molar-refractivity contribution in [1.29, 1.82) is 0 Å². The Kier molecular flexibility index (Phi) is 5.32. The van der Waals surface area contributed by atoms with Crippen molar-refractivity contribution in [3.05, 3.63) is 35.9 Å². The number of amides is 1. The number of aliphatic hydroxyl groups excluding tert-OH is 2. The zero-order chi connectivity index (χ0) is 14.5. The Morgan fingerprint density at radius 1 is 1.26 bits per heavy atom. The zero-order valence-electron chi connectivity index (χ0n) is 11.5. The smallest absolute Gasteiger partial charge is 0.407 e. The van der Waals surface area contributed by atoms with Gasteiger partial charge in [0, 0.05) is 6.54 Å². The second kappa shape index (κ2) is 6.54. The molecular weight excluding hydrogens is 246 g/mol. The van der Waals surface area contributed by atoms with Gasteiger partial charge in [0.15, 0.2) is 0 Å². The number of alkyl carbamates (subject to hydrolysis) is 1. The third-order valence-electron chi connectivity index (χ3n) is 2.36. The summed E-state index contributed by atoms with van der Waals surface area (Å²) in [6.45, 7) is 5.18. The third-order valence-corrected chi connectivity index (χ3v) is 2.36. The van der Waals surface area contributed by atoms with Crippen molar-refractivity contribution in [2.45, 2.75) is 38.6 Å². The topological polar surface area (TPSA) is 78.8 Å². The van der Waals surface area contributed by atoms with Gasteiger partial charge in [-0.25, -0.2) is 4.79 Å². The normalized spacial score (nSPS) is 14.6. The minimum absolute atomic E-state index is 0.0784. The number of aliphatic hydroxyl groups is 2. The van der Waals surface area contributed by atoms with Gasteiger partial charge in [-0.3, -0.25) is 0 Å². The molecule has 1 aromatic rings. The predicted molar refractivity (Wildman–Crippen MR) is 71.6 cm³/mol. The van der Waals surface area contributed by atoms with Crippen LogP contribution in [0.1, 0.15) is 32.4 Å². The van der Waals surface area contributed by atoms with Gasteiger partial charge in [0.25, 0.3) is 0 Å². The maximum atomic E-state index is 11.4. The largest absolute Gasteiger partial charge is 0.444 e. The molecular formula is C14H21NO4. The standard InChI is InChI=1S/C14H21NO4/c1-14(2,3)19-13(18)15-9-11(16)12(17)10-7-5-4-6-8-10/h4-8,11-12,16-17H,9H2,1-3H3,(H,15,18). The first-order chi connectivity index (χ1) is 8.79. The van der Waals surface area contributed by atoms with E-state index in [2.05, 4.69) is 5.32 Å². The Morgan fingerprint density at radius 3 is 2.37 bits per heavy atom. The first-order valence-corrected chi connectivity index (χ1v) is 6.17. The van der Waals surface area contributed by atoms with Crippen LogP contribution in [0.2, 0.25) is 0 Å². The summed E-state index contributed by atoms with van der Waals surface area (Å²) >= 11 is 0. The number of hydrogen-bond donors (Lipinski definition) is 3. The summed E-state index contributed by atoms with van der Waals surface area (Å²) in [7, 11) is 0. The Balaban J connectivity index is 2.43. The van der Waals surface area contributed by atoms with Crippen molar-refractivity contribution in [3.63, 3.8) is 0 Å². The van der Waals surface area contributed by atoms with Gasteiger partial charge in [-0.05, 0) is 26.3 Å². The Morgan fingerprint density at radius 2 is 1.84 bits per heavy atom. The van der Waals surface area contributed by atoms with Crippen molar-refractivity contribution in [2.24, 2.45) is 0 Å². The van der Waals surface area contributed by atoms with Crippen LogP contribution in [0.4, 0.5) is 4.79 Å². The first kappa shape index (κ1) is 15.5. The molecule has 0 fully saturated rings. The lowest BCUT2D eigenvalue weighted by atomic mass is 10.0. The lowest BCUT2D eigenvalue weighted by Gasteiger charge is -2.22. The summed E-state index contributed by atoms with van der Waals surface area (Å²) < 4.78 is 5.03. The molecule has 3 N–H and O–H groups in total. The van der Waals surface area contributed by atoms with Gasteiger partial charge in [0.1, 0.15) is 17.8 Å². The molecule has 5 heteroatoms. The van der Waals surface area contributed by atoms with E-state index in [1.54, 1.807) is 45.0 Å². The zero-order valence-corrected chi connectivity index (χ0v) is 11.5. The summed E-state index contributed by atoms with van der Waals surface area (Å²) in [5.74, 6) is 0. The highest BCUT2D eigenvalue weighted by Crippen LogP contribution is 2.16. The Hall–Kier alpha value is -1.59. The molecule has 0 heterocycles.